The fourth-order valence-electron chi connectivity index (χ4n) is 1.37. The van der Waals surface area contributed by atoms with Crippen LogP contribution in [0, 0.1) is 0 Å². The van der Waals surface area contributed by atoms with Gasteiger partial charge in [0.15, 0.2) is 11.5 Å². The molecule has 0 aliphatic carbocycles. The van der Waals surface area contributed by atoms with E-state index in [1.807, 2.05) is 0 Å². The van der Waals surface area contributed by atoms with Crippen LogP contribution in [-0.4, -0.2) is 26.9 Å². The van der Waals surface area contributed by atoms with E-state index in [4.69, 9.17) is 0 Å². The molecule has 2 aromatic rings. The summed E-state index contributed by atoms with van der Waals surface area (Å²) in [5.41, 5.74) is 0.508. The average molecular weight is 226 g/mol. The summed E-state index contributed by atoms with van der Waals surface area (Å²) in [5.74, 6) is 0.228. The summed E-state index contributed by atoms with van der Waals surface area (Å²) >= 11 is 0. The number of ether oxygens (including phenoxy) is 2. The third kappa shape index (κ3) is 1.35. The minimum Gasteiger partial charge on any atom is -0.395 e. The van der Waals surface area contributed by atoms with Gasteiger partial charge in [0, 0.05) is 5.56 Å². The second kappa shape index (κ2) is 2.87. The third-order valence-electron chi connectivity index (χ3n) is 2.00. The highest BCUT2D eigenvalue weighted by Crippen LogP contribution is 2.42. The minimum atomic E-state index is -3.61. The first-order valence-electron chi connectivity index (χ1n) is 4.28. The molecular weight excluding hydrogens is 222 g/mol. The Balaban J connectivity index is 2.03. The summed E-state index contributed by atoms with van der Waals surface area (Å²) in [6, 6.07) is 4.26. The molecular formula is C8H4F2N4O2. The lowest BCUT2D eigenvalue weighted by Gasteiger charge is -2.04. The van der Waals surface area contributed by atoms with Crippen molar-refractivity contribution < 1.29 is 18.3 Å². The van der Waals surface area contributed by atoms with Gasteiger partial charge in [-0.15, -0.1) is 19.0 Å². The van der Waals surface area contributed by atoms with Gasteiger partial charge in [-0.3, -0.25) is 0 Å². The maximum absolute atomic E-state index is 12.7. The van der Waals surface area contributed by atoms with Crippen molar-refractivity contribution >= 4 is 0 Å². The first-order valence-corrected chi connectivity index (χ1v) is 4.28. The molecule has 1 aromatic heterocycles. The quantitative estimate of drug-likeness (QED) is 0.790. The highest BCUT2D eigenvalue weighted by molar-refractivity contribution is 5.61. The first-order chi connectivity index (χ1) is 7.64. The molecule has 1 aliphatic rings. The molecule has 1 aromatic carbocycles. The van der Waals surface area contributed by atoms with E-state index in [9.17, 15) is 8.78 Å². The molecule has 1 N–H and O–H groups in total. The predicted octanol–water partition coefficient (Wildman–Crippen LogP) is 1.19. The second-order valence-corrected chi connectivity index (χ2v) is 3.06. The Kier molecular flexibility index (Phi) is 1.62. The standard InChI is InChI=1S/C8H4F2N4O2/c9-8(10)15-5-2-1-4(3-6(5)16-8)7-11-13-14-12-7/h1-3H,(H,11,12,13,14). The summed E-state index contributed by atoms with van der Waals surface area (Å²) in [6.07, 6.45) is -3.61. The van der Waals surface area contributed by atoms with Gasteiger partial charge in [-0.2, -0.15) is 5.21 Å². The number of aromatic nitrogens is 4. The first kappa shape index (κ1) is 9.01. The SMILES string of the molecule is FC1(F)Oc2ccc(-c3nn[nH]n3)cc2O1. The lowest BCUT2D eigenvalue weighted by Crippen LogP contribution is -2.25. The molecule has 0 amide bonds. The fourth-order valence-corrected chi connectivity index (χ4v) is 1.37. The zero-order chi connectivity index (χ0) is 11.2. The molecule has 2 heterocycles. The van der Waals surface area contributed by atoms with Crippen molar-refractivity contribution in [3.05, 3.63) is 18.2 Å². The van der Waals surface area contributed by atoms with Crippen molar-refractivity contribution in [1.29, 1.82) is 0 Å². The van der Waals surface area contributed by atoms with Crippen LogP contribution in [0.2, 0.25) is 0 Å². The van der Waals surface area contributed by atoms with Gasteiger partial charge in [-0.25, -0.2) is 0 Å². The van der Waals surface area contributed by atoms with Gasteiger partial charge >= 0.3 is 6.29 Å². The minimum absolute atomic E-state index is 0.0164. The molecule has 1 aliphatic heterocycles. The number of nitrogens with zero attached hydrogens (tertiary/aromatic N) is 3. The van der Waals surface area contributed by atoms with Crippen LogP contribution in [0.4, 0.5) is 8.78 Å². The van der Waals surface area contributed by atoms with E-state index in [-0.39, 0.29) is 11.5 Å². The van der Waals surface area contributed by atoms with Crippen molar-refractivity contribution in [2.75, 3.05) is 0 Å². The van der Waals surface area contributed by atoms with E-state index in [1.165, 1.54) is 18.2 Å². The van der Waals surface area contributed by atoms with Crippen LogP contribution >= 0.6 is 0 Å². The number of hydrogen-bond acceptors (Lipinski definition) is 5. The van der Waals surface area contributed by atoms with Crippen LogP contribution in [0.25, 0.3) is 11.4 Å². The van der Waals surface area contributed by atoms with Crippen molar-refractivity contribution in [2.45, 2.75) is 6.29 Å². The van der Waals surface area contributed by atoms with Crippen molar-refractivity contribution in [3.63, 3.8) is 0 Å². The summed E-state index contributed by atoms with van der Waals surface area (Å²) in [7, 11) is 0. The van der Waals surface area contributed by atoms with E-state index in [1.54, 1.807) is 0 Å². The molecule has 0 radical (unpaired) electrons. The molecule has 8 heteroatoms. The van der Waals surface area contributed by atoms with Gasteiger partial charge in [0.25, 0.3) is 0 Å². The Bertz CT molecular complexity index is 529. The highest BCUT2D eigenvalue weighted by Gasteiger charge is 2.43. The number of alkyl halides is 2. The van der Waals surface area contributed by atoms with Crippen LogP contribution < -0.4 is 9.47 Å². The Labute approximate surface area is 87.2 Å². The number of tetrazole rings is 1. The van der Waals surface area contributed by atoms with E-state index in [2.05, 4.69) is 30.1 Å². The fraction of sp³-hybridized carbons (Fsp3) is 0.125. The predicted molar refractivity (Wildman–Crippen MR) is 45.8 cm³/mol. The van der Waals surface area contributed by atoms with Crippen molar-refractivity contribution in [2.24, 2.45) is 0 Å². The monoisotopic (exact) mass is 226 g/mol. The van der Waals surface area contributed by atoms with Crippen LogP contribution in [-0.2, 0) is 0 Å². The summed E-state index contributed by atoms with van der Waals surface area (Å²) < 4.78 is 34.0. The van der Waals surface area contributed by atoms with Crippen LogP contribution in [0.5, 0.6) is 11.5 Å². The maximum Gasteiger partial charge on any atom is 0.586 e. The number of halogens is 2. The molecule has 0 spiro atoms. The Morgan fingerprint density at radius 3 is 2.75 bits per heavy atom. The number of H-pyrrole nitrogens is 1. The third-order valence-corrected chi connectivity index (χ3v) is 2.00. The van der Waals surface area contributed by atoms with Crippen LogP contribution in [0.1, 0.15) is 0 Å². The molecule has 0 atom stereocenters. The largest absolute Gasteiger partial charge is 0.586 e. The number of nitrogens with one attached hydrogen (secondary N) is 1. The highest BCUT2D eigenvalue weighted by atomic mass is 19.3. The summed E-state index contributed by atoms with van der Waals surface area (Å²) in [5, 5.41) is 13.1. The van der Waals surface area contributed by atoms with Gasteiger partial charge in [-0.05, 0) is 23.4 Å². The second-order valence-electron chi connectivity index (χ2n) is 3.06. The van der Waals surface area contributed by atoms with Gasteiger partial charge < -0.3 is 9.47 Å². The van der Waals surface area contributed by atoms with E-state index < -0.39 is 6.29 Å². The van der Waals surface area contributed by atoms with Crippen molar-refractivity contribution in [1.82, 2.24) is 20.6 Å². The van der Waals surface area contributed by atoms with E-state index in [0.717, 1.165) is 0 Å². The topological polar surface area (TPSA) is 72.9 Å². The molecule has 0 saturated carbocycles. The number of benzene rings is 1. The maximum atomic E-state index is 12.7. The molecule has 16 heavy (non-hydrogen) atoms. The molecule has 0 fully saturated rings. The Morgan fingerprint density at radius 2 is 2.00 bits per heavy atom. The van der Waals surface area contributed by atoms with Gasteiger partial charge in [-0.1, -0.05) is 0 Å². The van der Waals surface area contributed by atoms with E-state index in [0.29, 0.717) is 11.4 Å². The average Bonchev–Trinajstić information content (AvgIpc) is 2.80. The van der Waals surface area contributed by atoms with Gasteiger partial charge in [0.1, 0.15) is 0 Å². The lowest BCUT2D eigenvalue weighted by molar-refractivity contribution is -0.286. The Hall–Kier alpha value is -2.25. The van der Waals surface area contributed by atoms with Crippen molar-refractivity contribution in [3.8, 4) is 22.9 Å². The Morgan fingerprint density at radius 1 is 1.19 bits per heavy atom. The smallest absolute Gasteiger partial charge is 0.395 e. The van der Waals surface area contributed by atoms with E-state index >= 15 is 0 Å². The zero-order valence-electron chi connectivity index (χ0n) is 7.65. The lowest BCUT2D eigenvalue weighted by atomic mass is 10.2. The number of hydrogen-bond donors (Lipinski definition) is 1. The van der Waals surface area contributed by atoms with Crippen LogP contribution in [0.15, 0.2) is 18.2 Å². The zero-order valence-corrected chi connectivity index (χ0v) is 7.65. The number of fused-ring (bicyclic) bond motifs is 1. The molecule has 0 unspecified atom stereocenters. The number of rotatable bonds is 1. The van der Waals surface area contributed by atoms with Gasteiger partial charge in [0.2, 0.25) is 5.82 Å². The molecule has 82 valence electrons. The summed E-state index contributed by atoms with van der Waals surface area (Å²) in [4.78, 5) is 0. The number of aromatic amines is 1. The van der Waals surface area contributed by atoms with Crippen LogP contribution in [0.3, 0.4) is 0 Å². The van der Waals surface area contributed by atoms with Gasteiger partial charge in [0.05, 0.1) is 0 Å². The molecule has 6 nitrogen and oxygen atoms in total. The summed E-state index contributed by atoms with van der Waals surface area (Å²) in [6.45, 7) is 0. The molecule has 0 bridgehead atoms. The molecule has 3 rings (SSSR count). The normalized spacial score (nSPS) is 16.4. The molecule has 0 saturated heterocycles.